The van der Waals surface area contributed by atoms with Gasteiger partial charge in [0.2, 0.25) is 0 Å². The molecule has 98 valence electrons. The van der Waals surface area contributed by atoms with E-state index in [2.05, 4.69) is 10.3 Å². The van der Waals surface area contributed by atoms with Crippen molar-refractivity contribution in [3.8, 4) is 0 Å². The summed E-state index contributed by atoms with van der Waals surface area (Å²) in [6, 6.07) is 4.77. The number of nitrogens with zero attached hydrogens (tertiary/aromatic N) is 1. The van der Waals surface area contributed by atoms with Crippen LogP contribution in [0.5, 0.6) is 0 Å². The Balaban J connectivity index is 2.34. The Hall–Kier alpha value is -2.21. The highest BCUT2D eigenvalue weighted by molar-refractivity contribution is 6.33. The van der Waals surface area contributed by atoms with E-state index in [-0.39, 0.29) is 22.1 Å². The van der Waals surface area contributed by atoms with Gasteiger partial charge in [-0.05, 0) is 18.2 Å². The Morgan fingerprint density at radius 2 is 2.11 bits per heavy atom. The van der Waals surface area contributed by atoms with Crippen molar-refractivity contribution in [1.29, 1.82) is 0 Å². The van der Waals surface area contributed by atoms with E-state index in [0.717, 1.165) is 18.3 Å². The molecule has 0 aliphatic heterocycles. The molecule has 0 aliphatic rings. The summed E-state index contributed by atoms with van der Waals surface area (Å²) in [6.45, 7) is 0. The molecule has 0 radical (unpaired) electrons. The highest BCUT2D eigenvalue weighted by Crippen LogP contribution is 2.26. The van der Waals surface area contributed by atoms with Crippen LogP contribution in [0.4, 0.5) is 20.3 Å². The molecule has 0 bridgehead atoms. The molecule has 1 aromatic heterocycles. The van der Waals surface area contributed by atoms with Gasteiger partial charge >= 0.3 is 5.97 Å². The number of aromatic nitrogens is 1. The average molecular weight is 285 g/mol. The molecule has 0 amide bonds. The van der Waals surface area contributed by atoms with Crippen molar-refractivity contribution in [1.82, 2.24) is 4.98 Å². The van der Waals surface area contributed by atoms with Crippen LogP contribution in [0, 0.1) is 11.6 Å². The molecule has 0 atom stereocenters. The van der Waals surface area contributed by atoms with Crippen molar-refractivity contribution in [3.05, 3.63) is 52.7 Å². The van der Waals surface area contributed by atoms with Crippen LogP contribution in [0.3, 0.4) is 0 Å². The number of aromatic carboxylic acids is 1. The molecule has 1 aromatic carbocycles. The Labute approximate surface area is 111 Å². The third-order valence-electron chi connectivity index (χ3n) is 2.29. The molecular formula is C12H7ClF2N2O2. The van der Waals surface area contributed by atoms with E-state index >= 15 is 0 Å². The second kappa shape index (κ2) is 5.19. The van der Waals surface area contributed by atoms with Gasteiger partial charge < -0.3 is 10.4 Å². The van der Waals surface area contributed by atoms with E-state index in [0.29, 0.717) is 0 Å². The van der Waals surface area contributed by atoms with Gasteiger partial charge in [0.25, 0.3) is 0 Å². The maximum atomic E-state index is 13.4. The van der Waals surface area contributed by atoms with Gasteiger partial charge in [0.05, 0.1) is 16.3 Å². The van der Waals surface area contributed by atoms with Gasteiger partial charge in [-0.15, -0.1) is 0 Å². The molecule has 1 heterocycles. The fraction of sp³-hybridized carbons (Fsp3) is 0. The minimum atomic E-state index is -1.18. The van der Waals surface area contributed by atoms with Crippen LogP contribution in [0.2, 0.25) is 5.02 Å². The van der Waals surface area contributed by atoms with E-state index in [4.69, 9.17) is 16.7 Å². The van der Waals surface area contributed by atoms with E-state index < -0.39 is 17.6 Å². The van der Waals surface area contributed by atoms with Gasteiger partial charge in [0.1, 0.15) is 5.82 Å². The number of carboxylic acid groups (broad SMARTS) is 1. The lowest BCUT2D eigenvalue weighted by Crippen LogP contribution is -2.02. The lowest BCUT2D eigenvalue weighted by Gasteiger charge is -2.09. The fourth-order valence-corrected chi connectivity index (χ4v) is 1.59. The number of pyridine rings is 1. The Morgan fingerprint density at radius 1 is 1.37 bits per heavy atom. The summed E-state index contributed by atoms with van der Waals surface area (Å²) in [5, 5.41) is 11.2. The van der Waals surface area contributed by atoms with Crippen molar-refractivity contribution in [2.75, 3.05) is 5.32 Å². The smallest absolute Gasteiger partial charge is 0.337 e. The predicted octanol–water partition coefficient (Wildman–Crippen LogP) is 3.46. The summed E-state index contributed by atoms with van der Waals surface area (Å²) in [5.41, 5.74) is -0.243. The zero-order valence-electron chi connectivity index (χ0n) is 9.32. The number of benzene rings is 1. The number of carboxylic acids is 1. The van der Waals surface area contributed by atoms with Crippen molar-refractivity contribution in [2.24, 2.45) is 0 Å². The standard InChI is InChI=1S/C12H7ClF2N2O2/c13-7-4-6(12(18)19)5-16-11(7)17-9-3-1-2-8(14)10(9)15/h1-5H,(H,16,17)(H,18,19). The summed E-state index contributed by atoms with van der Waals surface area (Å²) < 4.78 is 26.4. The van der Waals surface area contributed by atoms with Crippen LogP contribution in [0.25, 0.3) is 0 Å². The van der Waals surface area contributed by atoms with Gasteiger partial charge in [-0.3, -0.25) is 0 Å². The molecule has 7 heteroatoms. The van der Waals surface area contributed by atoms with Crippen LogP contribution in [0.1, 0.15) is 10.4 Å². The predicted molar refractivity (Wildman–Crippen MR) is 65.8 cm³/mol. The zero-order valence-corrected chi connectivity index (χ0v) is 10.1. The van der Waals surface area contributed by atoms with Crippen LogP contribution in [-0.4, -0.2) is 16.1 Å². The third-order valence-corrected chi connectivity index (χ3v) is 2.58. The van der Waals surface area contributed by atoms with Crippen molar-refractivity contribution >= 4 is 29.1 Å². The topological polar surface area (TPSA) is 62.2 Å². The van der Waals surface area contributed by atoms with Gasteiger partial charge in [0, 0.05) is 6.20 Å². The number of hydrogen-bond donors (Lipinski definition) is 2. The summed E-state index contributed by atoms with van der Waals surface area (Å²) >= 11 is 5.81. The summed E-state index contributed by atoms with van der Waals surface area (Å²) in [6.07, 6.45) is 1.06. The first-order valence-electron chi connectivity index (χ1n) is 5.09. The second-order valence-corrected chi connectivity index (χ2v) is 3.99. The molecule has 0 spiro atoms. The summed E-state index contributed by atoms with van der Waals surface area (Å²) in [5.74, 6) is -3.22. The molecule has 4 nitrogen and oxygen atoms in total. The number of carbonyl (C=O) groups is 1. The van der Waals surface area contributed by atoms with Crippen molar-refractivity contribution < 1.29 is 18.7 Å². The largest absolute Gasteiger partial charge is 0.478 e. The maximum absolute atomic E-state index is 13.4. The minimum Gasteiger partial charge on any atom is -0.478 e. The molecule has 19 heavy (non-hydrogen) atoms. The van der Waals surface area contributed by atoms with Crippen molar-refractivity contribution in [2.45, 2.75) is 0 Å². The maximum Gasteiger partial charge on any atom is 0.337 e. The van der Waals surface area contributed by atoms with Gasteiger partial charge in [0.15, 0.2) is 11.6 Å². The molecule has 2 aromatic rings. The molecule has 0 saturated heterocycles. The van der Waals surface area contributed by atoms with E-state index in [9.17, 15) is 13.6 Å². The van der Waals surface area contributed by atoms with Crippen LogP contribution in [-0.2, 0) is 0 Å². The lowest BCUT2D eigenvalue weighted by atomic mass is 10.2. The summed E-state index contributed by atoms with van der Waals surface area (Å²) in [4.78, 5) is 14.4. The van der Waals surface area contributed by atoms with Crippen LogP contribution in [0.15, 0.2) is 30.5 Å². The zero-order chi connectivity index (χ0) is 14.0. The van der Waals surface area contributed by atoms with E-state index in [1.54, 1.807) is 0 Å². The SMILES string of the molecule is O=C(O)c1cnc(Nc2cccc(F)c2F)c(Cl)c1. The Morgan fingerprint density at radius 3 is 2.74 bits per heavy atom. The third kappa shape index (κ3) is 2.79. The molecule has 2 rings (SSSR count). The number of halogens is 3. The van der Waals surface area contributed by atoms with E-state index in [1.807, 2.05) is 0 Å². The number of hydrogen-bond acceptors (Lipinski definition) is 3. The lowest BCUT2D eigenvalue weighted by molar-refractivity contribution is 0.0696. The number of anilines is 2. The minimum absolute atomic E-state index is 0.0106. The molecule has 2 N–H and O–H groups in total. The first-order chi connectivity index (χ1) is 8.99. The van der Waals surface area contributed by atoms with Crippen LogP contribution >= 0.6 is 11.6 Å². The Kier molecular flexibility index (Phi) is 3.62. The molecular weight excluding hydrogens is 278 g/mol. The average Bonchev–Trinajstić information content (AvgIpc) is 2.37. The van der Waals surface area contributed by atoms with Gasteiger partial charge in [-0.2, -0.15) is 0 Å². The highest BCUT2D eigenvalue weighted by Gasteiger charge is 2.12. The number of nitrogens with one attached hydrogen (secondary N) is 1. The monoisotopic (exact) mass is 284 g/mol. The normalized spacial score (nSPS) is 10.3. The first-order valence-corrected chi connectivity index (χ1v) is 5.46. The second-order valence-electron chi connectivity index (χ2n) is 3.59. The van der Waals surface area contributed by atoms with Crippen molar-refractivity contribution in [3.63, 3.8) is 0 Å². The first kappa shape index (κ1) is 13.2. The van der Waals surface area contributed by atoms with E-state index in [1.165, 1.54) is 12.1 Å². The van der Waals surface area contributed by atoms with Crippen LogP contribution < -0.4 is 5.32 Å². The Bertz CT molecular complexity index is 650. The molecule has 0 saturated carbocycles. The van der Waals surface area contributed by atoms with Gasteiger partial charge in [-0.1, -0.05) is 17.7 Å². The highest BCUT2D eigenvalue weighted by atomic mass is 35.5. The van der Waals surface area contributed by atoms with Gasteiger partial charge in [-0.25, -0.2) is 18.6 Å². The summed E-state index contributed by atoms with van der Waals surface area (Å²) in [7, 11) is 0. The fourth-order valence-electron chi connectivity index (χ4n) is 1.37. The molecule has 0 unspecified atom stereocenters. The molecule has 0 fully saturated rings. The quantitative estimate of drug-likeness (QED) is 0.906. The molecule has 0 aliphatic carbocycles. The number of rotatable bonds is 3.